The molecule has 2 aromatic carbocycles. The zero-order valence-electron chi connectivity index (χ0n) is 17.6. The molecule has 33 heavy (non-hydrogen) atoms. The summed E-state index contributed by atoms with van der Waals surface area (Å²) in [6.07, 6.45) is 0.422. The molecule has 1 amide bonds. The van der Waals surface area contributed by atoms with Crippen LogP contribution in [0, 0.1) is 0 Å². The van der Waals surface area contributed by atoms with Crippen LogP contribution in [0.2, 0.25) is 10.0 Å². The highest BCUT2D eigenvalue weighted by molar-refractivity contribution is 7.91. The molecule has 0 aliphatic carbocycles. The lowest BCUT2D eigenvalue weighted by molar-refractivity contribution is -0.118. The fraction of sp³-hybridized carbons (Fsp3) is 0.273. The van der Waals surface area contributed by atoms with Crippen molar-refractivity contribution in [2.75, 3.05) is 30.5 Å². The number of benzene rings is 2. The highest BCUT2D eigenvalue weighted by Gasteiger charge is 2.32. The first kappa shape index (κ1) is 23.4. The molecular weight excluding hydrogens is 489 g/mol. The lowest BCUT2D eigenvalue weighted by atomic mass is 10.1. The predicted molar refractivity (Wildman–Crippen MR) is 127 cm³/mol. The number of halogens is 2. The van der Waals surface area contributed by atoms with E-state index < -0.39 is 15.7 Å². The third-order valence-corrected chi connectivity index (χ3v) is 7.48. The summed E-state index contributed by atoms with van der Waals surface area (Å²) < 4.78 is 36.3. The lowest BCUT2D eigenvalue weighted by Gasteiger charge is -2.14. The van der Waals surface area contributed by atoms with Gasteiger partial charge in [0.25, 0.3) is 5.91 Å². The van der Waals surface area contributed by atoms with Gasteiger partial charge in [-0.1, -0.05) is 23.2 Å². The van der Waals surface area contributed by atoms with Crippen LogP contribution >= 0.6 is 23.2 Å². The number of hydrogen-bond acceptors (Lipinski definition) is 6. The number of nitrogens with zero attached hydrogens (tertiary/aromatic N) is 2. The first-order chi connectivity index (χ1) is 15.7. The number of carbonyl (C=O) groups is 1. The number of amides is 1. The summed E-state index contributed by atoms with van der Waals surface area (Å²) in [5, 5.41) is 8.12. The number of nitrogens with one attached hydrogen (secondary N) is 1. The van der Waals surface area contributed by atoms with Crippen LogP contribution in [0.25, 0.3) is 11.3 Å². The maximum atomic E-state index is 12.6. The van der Waals surface area contributed by atoms with Crippen molar-refractivity contribution in [2.24, 2.45) is 0 Å². The quantitative estimate of drug-likeness (QED) is 0.511. The normalized spacial score (nSPS) is 17.0. The van der Waals surface area contributed by atoms with E-state index in [2.05, 4.69) is 10.4 Å². The van der Waals surface area contributed by atoms with Gasteiger partial charge >= 0.3 is 0 Å². The van der Waals surface area contributed by atoms with Gasteiger partial charge in [-0.05, 0) is 48.9 Å². The minimum absolute atomic E-state index is 0.0313. The zero-order valence-corrected chi connectivity index (χ0v) is 20.0. The van der Waals surface area contributed by atoms with E-state index in [0.29, 0.717) is 39.5 Å². The van der Waals surface area contributed by atoms with Gasteiger partial charge in [0.15, 0.2) is 16.4 Å². The number of methoxy groups -OCH3 is 1. The molecule has 1 atom stereocenters. The van der Waals surface area contributed by atoms with E-state index in [1.54, 1.807) is 42.1 Å². The first-order valence-electron chi connectivity index (χ1n) is 10.1. The van der Waals surface area contributed by atoms with Gasteiger partial charge in [0.2, 0.25) is 0 Å². The Balaban J connectivity index is 1.55. The van der Waals surface area contributed by atoms with Crippen molar-refractivity contribution in [3.63, 3.8) is 0 Å². The Bertz CT molecular complexity index is 1280. The minimum Gasteiger partial charge on any atom is -0.497 e. The molecule has 0 saturated carbocycles. The SMILES string of the molecule is COc1ccc(-c2cc(NC(=O)COc3ccc(Cl)cc3Cl)n([C@H]3CCS(=O)(=O)C3)n2)cc1. The van der Waals surface area contributed by atoms with Crippen molar-refractivity contribution in [3.05, 3.63) is 58.6 Å². The van der Waals surface area contributed by atoms with Crippen molar-refractivity contribution in [2.45, 2.75) is 12.5 Å². The molecule has 1 saturated heterocycles. The standard InChI is InChI=1S/C22H21Cl2N3O5S/c1-31-17-5-2-14(3-6-17)19-11-21(27(26-19)16-8-9-33(29,30)13-16)25-22(28)12-32-20-7-4-15(23)10-18(20)24/h2-7,10-11,16H,8-9,12-13H2,1H3,(H,25,28)/t16-/m0/s1. The average Bonchev–Trinajstić information content (AvgIpc) is 3.36. The molecule has 1 aliphatic rings. The number of ether oxygens (including phenoxy) is 2. The molecule has 2 heterocycles. The largest absolute Gasteiger partial charge is 0.497 e. The second-order valence-corrected chi connectivity index (χ2v) is 10.6. The molecule has 0 spiro atoms. The van der Waals surface area contributed by atoms with Crippen LogP contribution in [0.5, 0.6) is 11.5 Å². The molecule has 1 aliphatic heterocycles. The lowest BCUT2D eigenvalue weighted by Crippen LogP contribution is -2.23. The van der Waals surface area contributed by atoms with Crippen LogP contribution in [0.1, 0.15) is 12.5 Å². The maximum Gasteiger partial charge on any atom is 0.263 e. The van der Waals surface area contributed by atoms with Gasteiger partial charge in [0.05, 0.1) is 35.4 Å². The minimum atomic E-state index is -3.15. The Morgan fingerprint density at radius 3 is 2.58 bits per heavy atom. The summed E-state index contributed by atoms with van der Waals surface area (Å²) in [6.45, 7) is -0.298. The van der Waals surface area contributed by atoms with Crippen molar-refractivity contribution in [3.8, 4) is 22.8 Å². The van der Waals surface area contributed by atoms with Gasteiger partial charge in [-0.3, -0.25) is 4.79 Å². The van der Waals surface area contributed by atoms with Crippen LogP contribution in [-0.2, 0) is 14.6 Å². The molecular formula is C22H21Cl2N3O5S. The Kier molecular flexibility index (Phi) is 6.83. The molecule has 4 rings (SSSR count). The third-order valence-electron chi connectivity index (χ3n) is 5.20. The van der Waals surface area contributed by atoms with Gasteiger partial charge in [-0.25, -0.2) is 13.1 Å². The average molecular weight is 510 g/mol. The van der Waals surface area contributed by atoms with E-state index in [1.165, 1.54) is 6.07 Å². The van der Waals surface area contributed by atoms with E-state index in [1.807, 2.05) is 12.1 Å². The molecule has 11 heteroatoms. The molecule has 3 aromatic rings. The molecule has 1 fully saturated rings. The van der Waals surface area contributed by atoms with Crippen molar-refractivity contribution >= 4 is 44.8 Å². The summed E-state index contributed by atoms with van der Waals surface area (Å²) in [5.41, 5.74) is 1.40. The van der Waals surface area contributed by atoms with Crippen LogP contribution in [0.4, 0.5) is 5.82 Å². The van der Waals surface area contributed by atoms with Crippen LogP contribution in [-0.4, -0.2) is 49.3 Å². The van der Waals surface area contributed by atoms with Crippen molar-refractivity contribution in [1.29, 1.82) is 0 Å². The van der Waals surface area contributed by atoms with Crippen LogP contribution in [0.3, 0.4) is 0 Å². The molecule has 0 radical (unpaired) electrons. The fourth-order valence-electron chi connectivity index (χ4n) is 3.55. The number of rotatable bonds is 7. The molecule has 0 unspecified atom stereocenters. The predicted octanol–water partition coefficient (Wildman–Crippen LogP) is 4.24. The topological polar surface area (TPSA) is 99.5 Å². The van der Waals surface area contributed by atoms with Gasteiger partial charge in [-0.15, -0.1) is 0 Å². The summed E-state index contributed by atoms with van der Waals surface area (Å²) in [5.74, 6) is 1.03. The smallest absolute Gasteiger partial charge is 0.263 e. The first-order valence-corrected chi connectivity index (χ1v) is 12.6. The molecule has 1 aromatic heterocycles. The van der Waals surface area contributed by atoms with Crippen LogP contribution in [0.15, 0.2) is 48.5 Å². The summed E-state index contributed by atoms with van der Waals surface area (Å²) in [6, 6.07) is 13.3. The molecule has 0 bridgehead atoms. The van der Waals surface area contributed by atoms with Crippen molar-refractivity contribution < 1.29 is 22.7 Å². The zero-order chi connectivity index (χ0) is 23.6. The number of carbonyl (C=O) groups excluding carboxylic acids is 1. The summed E-state index contributed by atoms with van der Waals surface area (Å²) in [7, 11) is -1.57. The number of sulfone groups is 1. The Morgan fingerprint density at radius 2 is 1.94 bits per heavy atom. The van der Waals surface area contributed by atoms with Gasteiger partial charge < -0.3 is 14.8 Å². The summed E-state index contributed by atoms with van der Waals surface area (Å²) >= 11 is 12.0. The molecule has 8 nitrogen and oxygen atoms in total. The Morgan fingerprint density at radius 1 is 1.18 bits per heavy atom. The summed E-state index contributed by atoms with van der Waals surface area (Å²) in [4.78, 5) is 12.6. The van der Waals surface area contributed by atoms with E-state index in [0.717, 1.165) is 5.56 Å². The molecule has 174 valence electrons. The van der Waals surface area contributed by atoms with Crippen molar-refractivity contribution in [1.82, 2.24) is 9.78 Å². The third kappa shape index (κ3) is 5.61. The number of anilines is 1. The van der Waals surface area contributed by atoms with E-state index >= 15 is 0 Å². The van der Waals surface area contributed by atoms with E-state index in [4.69, 9.17) is 32.7 Å². The van der Waals surface area contributed by atoms with E-state index in [-0.39, 0.29) is 24.2 Å². The Labute approximate surface area is 201 Å². The molecule has 1 N–H and O–H groups in total. The van der Waals surface area contributed by atoms with Gasteiger partial charge in [-0.2, -0.15) is 5.10 Å². The second-order valence-electron chi connectivity index (χ2n) is 7.56. The number of hydrogen-bond donors (Lipinski definition) is 1. The fourth-order valence-corrected chi connectivity index (χ4v) is 5.71. The maximum absolute atomic E-state index is 12.6. The number of aromatic nitrogens is 2. The second kappa shape index (κ2) is 9.62. The van der Waals surface area contributed by atoms with Crippen LogP contribution < -0.4 is 14.8 Å². The monoisotopic (exact) mass is 509 g/mol. The highest BCUT2D eigenvalue weighted by atomic mass is 35.5. The Hall–Kier alpha value is -2.75. The van der Waals surface area contributed by atoms with Gasteiger partial charge in [0, 0.05) is 16.7 Å². The highest BCUT2D eigenvalue weighted by Crippen LogP contribution is 2.31. The van der Waals surface area contributed by atoms with Gasteiger partial charge in [0.1, 0.15) is 17.3 Å². The van der Waals surface area contributed by atoms with E-state index in [9.17, 15) is 13.2 Å².